The normalized spacial score (nSPS) is 15.8. The van der Waals surface area contributed by atoms with Gasteiger partial charge in [-0.05, 0) is 24.3 Å². The number of nitro groups is 1. The van der Waals surface area contributed by atoms with Crippen molar-refractivity contribution in [3.63, 3.8) is 0 Å². The van der Waals surface area contributed by atoms with Gasteiger partial charge < -0.3 is 10.1 Å². The Bertz CT molecular complexity index is 468. The number of benzene rings is 1. The van der Waals surface area contributed by atoms with Gasteiger partial charge in [0.2, 0.25) is 0 Å². The Morgan fingerprint density at radius 2 is 2.11 bits per heavy atom. The quantitative estimate of drug-likeness (QED) is 0.480. The van der Waals surface area contributed by atoms with Gasteiger partial charge in [-0.15, -0.1) is 0 Å². The van der Waals surface area contributed by atoms with Crippen molar-refractivity contribution in [1.29, 1.82) is 0 Å². The van der Waals surface area contributed by atoms with Crippen LogP contribution in [-0.2, 0) is 16.1 Å². The van der Waals surface area contributed by atoms with Gasteiger partial charge in [-0.25, -0.2) is 0 Å². The third kappa shape index (κ3) is 3.51. The second kappa shape index (κ2) is 5.79. The third-order valence-electron chi connectivity index (χ3n) is 3.22. The van der Waals surface area contributed by atoms with E-state index in [0.29, 0.717) is 12.5 Å². The lowest BCUT2D eigenvalue weighted by molar-refractivity contribution is -0.384. The van der Waals surface area contributed by atoms with Crippen LogP contribution in [0.5, 0.6) is 0 Å². The van der Waals surface area contributed by atoms with E-state index in [2.05, 4.69) is 5.32 Å². The molecule has 1 aromatic rings. The topological polar surface area (TPSA) is 81.5 Å². The van der Waals surface area contributed by atoms with Gasteiger partial charge in [0.1, 0.15) is 6.04 Å². The summed E-state index contributed by atoms with van der Waals surface area (Å²) in [6, 6.07) is 6.02. The molecule has 1 N–H and O–H groups in total. The van der Waals surface area contributed by atoms with E-state index in [4.69, 9.17) is 4.74 Å². The van der Waals surface area contributed by atoms with Crippen LogP contribution in [0.4, 0.5) is 5.69 Å². The van der Waals surface area contributed by atoms with E-state index in [9.17, 15) is 14.9 Å². The molecule has 0 heterocycles. The number of non-ortho nitro benzene ring substituents is 1. The van der Waals surface area contributed by atoms with Crippen LogP contribution >= 0.6 is 0 Å². The molecular weight excluding hydrogens is 248 g/mol. The Morgan fingerprint density at radius 3 is 2.58 bits per heavy atom. The predicted octanol–water partition coefficient (Wildman–Crippen LogP) is 1.64. The van der Waals surface area contributed by atoms with Gasteiger partial charge >= 0.3 is 5.97 Å². The van der Waals surface area contributed by atoms with Gasteiger partial charge in [-0.1, -0.05) is 12.1 Å². The molecule has 0 aliphatic heterocycles. The average Bonchev–Trinajstić information content (AvgIpc) is 3.23. The molecule has 0 spiro atoms. The highest BCUT2D eigenvalue weighted by Crippen LogP contribution is 2.33. The number of nitrogens with zero attached hydrogens (tertiary/aromatic N) is 1. The van der Waals surface area contributed by atoms with Gasteiger partial charge in [0.25, 0.3) is 5.69 Å². The molecule has 1 aliphatic carbocycles. The maximum atomic E-state index is 11.6. The van der Waals surface area contributed by atoms with E-state index in [0.717, 1.165) is 18.4 Å². The predicted molar refractivity (Wildman–Crippen MR) is 68.5 cm³/mol. The van der Waals surface area contributed by atoms with Crippen molar-refractivity contribution in [1.82, 2.24) is 5.32 Å². The SMILES string of the molecule is COC(=O)C(NCc1ccc([N+](=O)[O-])cc1)C1CC1. The van der Waals surface area contributed by atoms with Crippen LogP contribution in [0.2, 0.25) is 0 Å². The number of carbonyl (C=O) groups excluding carboxylic acids is 1. The minimum Gasteiger partial charge on any atom is -0.468 e. The molecule has 6 nitrogen and oxygen atoms in total. The lowest BCUT2D eigenvalue weighted by Gasteiger charge is -2.15. The van der Waals surface area contributed by atoms with Crippen molar-refractivity contribution in [3.8, 4) is 0 Å². The van der Waals surface area contributed by atoms with Gasteiger partial charge in [-0.2, -0.15) is 0 Å². The Kier molecular flexibility index (Phi) is 4.11. The fourth-order valence-electron chi connectivity index (χ4n) is 1.96. The van der Waals surface area contributed by atoms with E-state index in [-0.39, 0.29) is 17.7 Å². The Morgan fingerprint density at radius 1 is 1.47 bits per heavy atom. The Hall–Kier alpha value is -1.95. The van der Waals surface area contributed by atoms with Crippen molar-refractivity contribution >= 4 is 11.7 Å². The fourth-order valence-corrected chi connectivity index (χ4v) is 1.96. The van der Waals surface area contributed by atoms with E-state index < -0.39 is 4.92 Å². The molecule has 1 unspecified atom stereocenters. The molecule has 0 amide bonds. The van der Waals surface area contributed by atoms with Crippen LogP contribution in [0.1, 0.15) is 18.4 Å². The summed E-state index contributed by atoms with van der Waals surface area (Å²) < 4.78 is 4.76. The molecule has 1 aromatic carbocycles. The lowest BCUT2D eigenvalue weighted by Crippen LogP contribution is -2.39. The fraction of sp³-hybridized carbons (Fsp3) is 0.462. The number of ether oxygens (including phenoxy) is 1. The Balaban J connectivity index is 1.93. The number of rotatable bonds is 6. The maximum absolute atomic E-state index is 11.6. The zero-order valence-corrected chi connectivity index (χ0v) is 10.7. The number of carbonyl (C=O) groups is 1. The molecule has 102 valence electrons. The van der Waals surface area contributed by atoms with Crippen molar-refractivity contribution in [2.75, 3.05) is 7.11 Å². The first-order valence-corrected chi connectivity index (χ1v) is 6.16. The summed E-state index contributed by atoms with van der Waals surface area (Å²) >= 11 is 0. The van der Waals surface area contributed by atoms with Gasteiger partial charge in [-0.3, -0.25) is 14.9 Å². The number of esters is 1. The molecule has 1 saturated carbocycles. The summed E-state index contributed by atoms with van der Waals surface area (Å²) in [4.78, 5) is 21.7. The van der Waals surface area contributed by atoms with Crippen molar-refractivity contribution < 1.29 is 14.5 Å². The van der Waals surface area contributed by atoms with Crippen LogP contribution in [0.25, 0.3) is 0 Å². The number of nitro benzene ring substituents is 1. The second-order valence-corrected chi connectivity index (χ2v) is 4.64. The van der Waals surface area contributed by atoms with Crippen molar-refractivity contribution in [3.05, 3.63) is 39.9 Å². The summed E-state index contributed by atoms with van der Waals surface area (Å²) in [6.45, 7) is 0.494. The summed E-state index contributed by atoms with van der Waals surface area (Å²) in [5.41, 5.74) is 0.968. The van der Waals surface area contributed by atoms with Crippen LogP contribution in [0, 0.1) is 16.0 Å². The van der Waals surface area contributed by atoms with Crippen LogP contribution < -0.4 is 5.32 Å². The lowest BCUT2D eigenvalue weighted by atomic mass is 10.1. The molecule has 0 aromatic heterocycles. The number of hydrogen-bond acceptors (Lipinski definition) is 5. The van der Waals surface area contributed by atoms with Gasteiger partial charge in [0, 0.05) is 18.7 Å². The summed E-state index contributed by atoms with van der Waals surface area (Å²) in [7, 11) is 1.38. The van der Waals surface area contributed by atoms with Crippen molar-refractivity contribution in [2.24, 2.45) is 5.92 Å². The third-order valence-corrected chi connectivity index (χ3v) is 3.22. The minimum absolute atomic E-state index is 0.0652. The zero-order valence-electron chi connectivity index (χ0n) is 10.7. The molecule has 1 atom stereocenters. The van der Waals surface area contributed by atoms with E-state index in [1.807, 2.05) is 0 Å². The van der Waals surface area contributed by atoms with Crippen LogP contribution in [0.15, 0.2) is 24.3 Å². The molecule has 0 radical (unpaired) electrons. The molecule has 19 heavy (non-hydrogen) atoms. The van der Waals surface area contributed by atoms with Crippen LogP contribution in [0.3, 0.4) is 0 Å². The first-order chi connectivity index (χ1) is 9.11. The molecule has 0 bridgehead atoms. The highest BCUT2D eigenvalue weighted by molar-refractivity contribution is 5.76. The largest absolute Gasteiger partial charge is 0.468 e. The minimum atomic E-state index is -0.432. The van der Waals surface area contributed by atoms with E-state index >= 15 is 0 Å². The standard InChI is InChI=1S/C13H16N2O4/c1-19-13(16)12(10-4-5-10)14-8-9-2-6-11(7-3-9)15(17)18/h2-3,6-7,10,12,14H,4-5,8H2,1H3. The molecule has 1 fully saturated rings. The highest BCUT2D eigenvalue weighted by Gasteiger charge is 2.36. The monoisotopic (exact) mass is 264 g/mol. The zero-order chi connectivity index (χ0) is 13.8. The number of nitrogens with one attached hydrogen (secondary N) is 1. The molecular formula is C13H16N2O4. The summed E-state index contributed by atoms with van der Waals surface area (Å²) in [5.74, 6) is 0.106. The van der Waals surface area contributed by atoms with Crippen molar-refractivity contribution in [2.45, 2.75) is 25.4 Å². The number of hydrogen-bond donors (Lipinski definition) is 1. The maximum Gasteiger partial charge on any atom is 0.323 e. The molecule has 0 saturated heterocycles. The average molecular weight is 264 g/mol. The molecule has 6 heteroatoms. The molecule has 1 aliphatic rings. The smallest absolute Gasteiger partial charge is 0.323 e. The highest BCUT2D eigenvalue weighted by atomic mass is 16.6. The summed E-state index contributed by atoms with van der Waals surface area (Å²) in [5, 5.41) is 13.7. The first kappa shape index (κ1) is 13.5. The van der Waals surface area contributed by atoms with E-state index in [1.165, 1.54) is 19.2 Å². The van der Waals surface area contributed by atoms with E-state index in [1.54, 1.807) is 12.1 Å². The van der Waals surface area contributed by atoms with Gasteiger partial charge in [0.15, 0.2) is 0 Å². The first-order valence-electron chi connectivity index (χ1n) is 6.16. The number of methoxy groups -OCH3 is 1. The van der Waals surface area contributed by atoms with Gasteiger partial charge in [0.05, 0.1) is 12.0 Å². The Labute approximate surface area is 110 Å². The molecule has 2 rings (SSSR count). The van der Waals surface area contributed by atoms with Crippen LogP contribution in [-0.4, -0.2) is 24.0 Å². The summed E-state index contributed by atoms with van der Waals surface area (Å²) in [6.07, 6.45) is 2.07. The second-order valence-electron chi connectivity index (χ2n) is 4.64.